The van der Waals surface area contributed by atoms with E-state index in [1.165, 1.54) is 19.3 Å². The number of rotatable bonds is 3. The van der Waals surface area contributed by atoms with Crippen LogP contribution in [0.15, 0.2) is 18.4 Å². The molecule has 1 amide bonds. The van der Waals surface area contributed by atoms with Crippen LogP contribution < -0.4 is 0 Å². The molecule has 1 fully saturated rings. The summed E-state index contributed by atoms with van der Waals surface area (Å²) in [6.07, 6.45) is 6.83. The van der Waals surface area contributed by atoms with E-state index >= 15 is 0 Å². The van der Waals surface area contributed by atoms with E-state index in [2.05, 4.69) is 12.3 Å². The van der Waals surface area contributed by atoms with Crippen LogP contribution in [-0.4, -0.2) is 23.9 Å². The zero-order valence-corrected chi connectivity index (χ0v) is 8.09. The van der Waals surface area contributed by atoms with E-state index in [4.69, 9.17) is 0 Å². The van der Waals surface area contributed by atoms with E-state index in [1.54, 1.807) is 0 Å². The standard InChI is InChI=1S/C11H17NO/c1-2-3-5-8-11(13)12-9-6-4-7-10-12/h3H,1,4-10H2. The van der Waals surface area contributed by atoms with Gasteiger partial charge in [-0.3, -0.25) is 4.79 Å². The van der Waals surface area contributed by atoms with Crippen molar-refractivity contribution in [3.63, 3.8) is 0 Å². The Morgan fingerprint density at radius 3 is 2.69 bits per heavy atom. The summed E-state index contributed by atoms with van der Waals surface area (Å²) in [5.41, 5.74) is 2.68. The molecule has 2 heteroatoms. The first kappa shape index (κ1) is 10.1. The van der Waals surface area contributed by atoms with Crippen LogP contribution in [0, 0.1) is 0 Å². The highest BCUT2D eigenvalue weighted by atomic mass is 16.2. The van der Waals surface area contributed by atoms with Crippen molar-refractivity contribution < 1.29 is 4.79 Å². The molecule has 1 aliphatic rings. The highest BCUT2D eigenvalue weighted by Crippen LogP contribution is 2.10. The number of piperidine rings is 1. The summed E-state index contributed by atoms with van der Waals surface area (Å²) in [6, 6.07) is 0. The fraction of sp³-hybridized carbons (Fsp3) is 0.636. The third-order valence-corrected chi connectivity index (χ3v) is 2.36. The molecule has 0 aromatic heterocycles. The lowest BCUT2D eigenvalue weighted by molar-refractivity contribution is -0.131. The highest BCUT2D eigenvalue weighted by molar-refractivity contribution is 5.76. The molecule has 0 aliphatic carbocycles. The minimum absolute atomic E-state index is 0.284. The second kappa shape index (κ2) is 5.60. The van der Waals surface area contributed by atoms with Gasteiger partial charge in [0, 0.05) is 19.5 Å². The predicted octanol–water partition coefficient (Wildman–Crippen LogP) is 2.12. The number of amides is 1. The first-order chi connectivity index (χ1) is 6.34. The van der Waals surface area contributed by atoms with Crippen LogP contribution in [0.1, 0.15) is 32.1 Å². The van der Waals surface area contributed by atoms with Crippen LogP contribution in [0.4, 0.5) is 0 Å². The van der Waals surface area contributed by atoms with Gasteiger partial charge in [0.2, 0.25) is 5.91 Å². The Bertz CT molecular complexity index is 210. The maximum absolute atomic E-state index is 11.5. The predicted molar refractivity (Wildman–Crippen MR) is 53.4 cm³/mol. The molecule has 0 unspecified atom stereocenters. The van der Waals surface area contributed by atoms with E-state index < -0.39 is 0 Å². The molecule has 1 heterocycles. The minimum Gasteiger partial charge on any atom is -0.343 e. The maximum atomic E-state index is 11.5. The SMILES string of the molecule is C=C=CCCC(=O)N1CCCCC1. The molecule has 0 aromatic carbocycles. The van der Waals surface area contributed by atoms with Crippen molar-refractivity contribution in [1.82, 2.24) is 4.90 Å². The van der Waals surface area contributed by atoms with Gasteiger partial charge in [-0.05, 0) is 31.8 Å². The third kappa shape index (κ3) is 3.47. The Labute approximate surface area is 79.9 Å². The summed E-state index contributed by atoms with van der Waals surface area (Å²) in [4.78, 5) is 13.5. The summed E-state index contributed by atoms with van der Waals surface area (Å²) >= 11 is 0. The smallest absolute Gasteiger partial charge is 0.222 e. The minimum atomic E-state index is 0.284. The number of hydrogen-bond donors (Lipinski definition) is 0. The fourth-order valence-electron chi connectivity index (χ4n) is 1.60. The van der Waals surface area contributed by atoms with Gasteiger partial charge in [-0.1, -0.05) is 6.58 Å². The first-order valence-corrected chi connectivity index (χ1v) is 4.96. The van der Waals surface area contributed by atoms with E-state index in [9.17, 15) is 4.79 Å². The average Bonchev–Trinajstić information content (AvgIpc) is 2.19. The molecule has 0 spiro atoms. The Kier molecular flexibility index (Phi) is 4.34. The molecule has 0 saturated carbocycles. The Hall–Kier alpha value is -1.01. The van der Waals surface area contributed by atoms with E-state index in [1.807, 2.05) is 11.0 Å². The lowest BCUT2D eigenvalue weighted by Gasteiger charge is -2.26. The number of hydrogen-bond acceptors (Lipinski definition) is 1. The van der Waals surface area contributed by atoms with E-state index in [0.29, 0.717) is 6.42 Å². The normalized spacial score (nSPS) is 16.5. The van der Waals surface area contributed by atoms with Gasteiger partial charge in [0.1, 0.15) is 0 Å². The van der Waals surface area contributed by atoms with Gasteiger partial charge < -0.3 is 4.90 Å². The molecule has 1 saturated heterocycles. The van der Waals surface area contributed by atoms with Crippen LogP contribution in [0.25, 0.3) is 0 Å². The zero-order valence-electron chi connectivity index (χ0n) is 8.09. The molecular weight excluding hydrogens is 162 g/mol. The molecule has 1 rings (SSSR count). The van der Waals surface area contributed by atoms with Crippen molar-refractivity contribution in [1.29, 1.82) is 0 Å². The fourth-order valence-corrected chi connectivity index (χ4v) is 1.60. The van der Waals surface area contributed by atoms with Crippen molar-refractivity contribution in [2.45, 2.75) is 32.1 Å². The second-order valence-corrected chi connectivity index (χ2v) is 3.39. The molecule has 0 atom stereocenters. The van der Waals surface area contributed by atoms with Crippen LogP contribution in [0.2, 0.25) is 0 Å². The summed E-state index contributed by atoms with van der Waals surface area (Å²) in [5, 5.41) is 0. The molecule has 0 bridgehead atoms. The third-order valence-electron chi connectivity index (χ3n) is 2.36. The van der Waals surface area contributed by atoms with Gasteiger partial charge in [-0.15, -0.1) is 5.73 Å². The maximum Gasteiger partial charge on any atom is 0.222 e. The topological polar surface area (TPSA) is 20.3 Å². The van der Waals surface area contributed by atoms with Gasteiger partial charge in [0.05, 0.1) is 0 Å². The molecule has 1 aliphatic heterocycles. The Morgan fingerprint density at radius 1 is 1.38 bits per heavy atom. The van der Waals surface area contributed by atoms with Crippen molar-refractivity contribution in [2.75, 3.05) is 13.1 Å². The number of likely N-dealkylation sites (tertiary alicyclic amines) is 1. The van der Waals surface area contributed by atoms with Gasteiger partial charge in [-0.2, -0.15) is 0 Å². The first-order valence-electron chi connectivity index (χ1n) is 4.96. The number of nitrogens with zero attached hydrogens (tertiary/aromatic N) is 1. The Balaban J connectivity index is 2.24. The van der Waals surface area contributed by atoms with Gasteiger partial charge in [0.25, 0.3) is 0 Å². The van der Waals surface area contributed by atoms with Crippen molar-refractivity contribution in [3.05, 3.63) is 18.4 Å². The highest BCUT2D eigenvalue weighted by Gasteiger charge is 2.14. The van der Waals surface area contributed by atoms with Gasteiger partial charge in [-0.25, -0.2) is 0 Å². The molecular formula is C11H17NO. The van der Waals surface area contributed by atoms with Crippen LogP contribution >= 0.6 is 0 Å². The molecule has 0 aromatic rings. The van der Waals surface area contributed by atoms with Crippen LogP contribution in [-0.2, 0) is 4.79 Å². The quantitative estimate of drug-likeness (QED) is 0.608. The van der Waals surface area contributed by atoms with Crippen LogP contribution in [0.5, 0.6) is 0 Å². The molecule has 2 nitrogen and oxygen atoms in total. The average molecular weight is 179 g/mol. The number of allylic oxidation sites excluding steroid dienone is 1. The zero-order chi connectivity index (χ0) is 9.52. The number of carbonyl (C=O) groups is 1. The monoisotopic (exact) mass is 179 g/mol. The van der Waals surface area contributed by atoms with Gasteiger partial charge >= 0.3 is 0 Å². The molecule has 0 N–H and O–H groups in total. The second-order valence-electron chi connectivity index (χ2n) is 3.39. The summed E-state index contributed by atoms with van der Waals surface area (Å²) in [7, 11) is 0. The van der Waals surface area contributed by atoms with Crippen molar-refractivity contribution in [2.24, 2.45) is 0 Å². The lowest BCUT2D eigenvalue weighted by Crippen LogP contribution is -2.35. The summed E-state index contributed by atoms with van der Waals surface area (Å²) < 4.78 is 0. The molecule has 72 valence electrons. The van der Waals surface area contributed by atoms with E-state index in [0.717, 1.165) is 19.5 Å². The lowest BCUT2D eigenvalue weighted by atomic mass is 10.1. The molecule has 13 heavy (non-hydrogen) atoms. The van der Waals surface area contributed by atoms with E-state index in [-0.39, 0.29) is 5.91 Å². The largest absolute Gasteiger partial charge is 0.343 e. The number of carbonyl (C=O) groups excluding carboxylic acids is 1. The van der Waals surface area contributed by atoms with Crippen LogP contribution in [0.3, 0.4) is 0 Å². The summed E-state index contributed by atoms with van der Waals surface area (Å²) in [5.74, 6) is 0.284. The Morgan fingerprint density at radius 2 is 2.08 bits per heavy atom. The molecule has 0 radical (unpaired) electrons. The van der Waals surface area contributed by atoms with Crippen molar-refractivity contribution >= 4 is 5.91 Å². The van der Waals surface area contributed by atoms with Gasteiger partial charge in [0.15, 0.2) is 0 Å². The van der Waals surface area contributed by atoms with Crippen molar-refractivity contribution in [3.8, 4) is 0 Å². The summed E-state index contributed by atoms with van der Waals surface area (Å²) in [6.45, 7) is 5.37.